The third-order valence-corrected chi connectivity index (χ3v) is 6.74. The van der Waals surface area contributed by atoms with Crippen molar-refractivity contribution in [2.75, 3.05) is 45.9 Å². The van der Waals surface area contributed by atoms with Crippen LogP contribution >= 0.6 is 0 Å². The molecular weight excluding hydrogens is 350 g/mol. The van der Waals surface area contributed by atoms with Gasteiger partial charge in [-0.15, -0.1) is 0 Å². The third kappa shape index (κ3) is 4.52. The fourth-order valence-electron chi connectivity index (χ4n) is 4.66. The number of ether oxygens (including phenoxy) is 1. The van der Waals surface area contributed by atoms with Gasteiger partial charge in [0.2, 0.25) is 0 Å². The summed E-state index contributed by atoms with van der Waals surface area (Å²) in [5, 5.41) is 3.09. The minimum absolute atomic E-state index is 0.0234. The Hall–Kier alpha value is -1.59. The van der Waals surface area contributed by atoms with Crippen LogP contribution in [0.4, 0.5) is 0 Å². The number of nitrogens with zero attached hydrogens (tertiary/aromatic N) is 2. The first-order valence-corrected chi connectivity index (χ1v) is 11.0. The van der Waals surface area contributed by atoms with E-state index in [1.165, 1.54) is 5.56 Å². The molecule has 0 radical (unpaired) electrons. The summed E-state index contributed by atoms with van der Waals surface area (Å²) >= 11 is 0. The molecule has 1 amide bonds. The van der Waals surface area contributed by atoms with E-state index in [0.717, 1.165) is 69.9 Å². The summed E-state index contributed by atoms with van der Waals surface area (Å²) in [6, 6.07) is 6.62. The number of fused-ring (bicyclic) bond motifs is 2. The molecule has 1 aromatic carbocycles. The maximum absolute atomic E-state index is 12.7. The SMILES string of the molecule is CCN(CC)CCNC(=O)c1ccc2c(c1)C1(CCO2)CCN(C(C)C)CC1. The Balaban J connectivity index is 1.71. The smallest absolute Gasteiger partial charge is 0.251 e. The van der Waals surface area contributed by atoms with Gasteiger partial charge in [0.05, 0.1) is 6.61 Å². The van der Waals surface area contributed by atoms with Crippen LogP contribution in [0.25, 0.3) is 0 Å². The van der Waals surface area contributed by atoms with Crippen LogP contribution in [0, 0.1) is 0 Å². The topological polar surface area (TPSA) is 44.8 Å². The fourth-order valence-corrected chi connectivity index (χ4v) is 4.66. The van der Waals surface area contributed by atoms with Gasteiger partial charge in [-0.25, -0.2) is 0 Å². The lowest BCUT2D eigenvalue weighted by atomic mass is 9.69. The molecule has 5 heteroatoms. The first-order chi connectivity index (χ1) is 13.5. The summed E-state index contributed by atoms with van der Waals surface area (Å²) in [5.41, 5.74) is 2.17. The van der Waals surface area contributed by atoms with Gasteiger partial charge in [0.15, 0.2) is 0 Å². The highest BCUT2D eigenvalue weighted by Crippen LogP contribution is 2.46. The number of likely N-dealkylation sites (tertiary alicyclic amines) is 1. The molecule has 0 bridgehead atoms. The molecule has 0 unspecified atom stereocenters. The van der Waals surface area contributed by atoms with Crippen LogP contribution in [-0.2, 0) is 5.41 Å². The van der Waals surface area contributed by atoms with Crippen molar-refractivity contribution >= 4 is 5.91 Å². The molecule has 0 saturated carbocycles. The summed E-state index contributed by atoms with van der Waals surface area (Å²) in [7, 11) is 0. The molecule has 5 nitrogen and oxygen atoms in total. The van der Waals surface area contributed by atoms with Crippen molar-refractivity contribution in [3.05, 3.63) is 29.3 Å². The molecule has 2 heterocycles. The van der Waals surface area contributed by atoms with Gasteiger partial charge in [0.1, 0.15) is 5.75 Å². The summed E-state index contributed by atoms with van der Waals surface area (Å²) < 4.78 is 5.95. The van der Waals surface area contributed by atoms with Gasteiger partial charge >= 0.3 is 0 Å². The van der Waals surface area contributed by atoms with Crippen molar-refractivity contribution in [2.24, 2.45) is 0 Å². The van der Waals surface area contributed by atoms with E-state index in [-0.39, 0.29) is 11.3 Å². The molecule has 0 aromatic heterocycles. The van der Waals surface area contributed by atoms with Gasteiger partial charge in [0.25, 0.3) is 5.91 Å². The molecular formula is C23H37N3O2. The summed E-state index contributed by atoms with van der Waals surface area (Å²) in [4.78, 5) is 17.6. The fraction of sp³-hybridized carbons (Fsp3) is 0.696. The number of carbonyl (C=O) groups excluding carboxylic acids is 1. The van der Waals surface area contributed by atoms with Gasteiger partial charge in [-0.1, -0.05) is 13.8 Å². The molecule has 3 rings (SSSR count). The standard InChI is InChI=1S/C23H37N3O2/c1-5-25(6-2)15-12-24-22(27)19-7-8-21-20(17-19)23(11-16-28-21)9-13-26(14-10-23)18(3)4/h7-8,17-18H,5-6,9-16H2,1-4H3,(H,24,27). The second-order valence-electron chi connectivity index (χ2n) is 8.50. The normalized spacial score (nSPS) is 18.9. The minimum Gasteiger partial charge on any atom is -0.493 e. The number of rotatable bonds is 7. The van der Waals surface area contributed by atoms with E-state index in [0.29, 0.717) is 12.6 Å². The van der Waals surface area contributed by atoms with Crippen LogP contribution < -0.4 is 10.1 Å². The highest BCUT2D eigenvalue weighted by atomic mass is 16.5. The number of piperidine rings is 1. The molecule has 0 atom stereocenters. The average Bonchev–Trinajstić information content (AvgIpc) is 2.71. The van der Waals surface area contributed by atoms with E-state index in [1.54, 1.807) is 0 Å². The highest BCUT2D eigenvalue weighted by molar-refractivity contribution is 5.94. The lowest BCUT2D eigenvalue weighted by Gasteiger charge is -2.46. The van der Waals surface area contributed by atoms with E-state index in [4.69, 9.17) is 4.74 Å². The van der Waals surface area contributed by atoms with Crippen LogP contribution in [0.5, 0.6) is 5.75 Å². The highest BCUT2D eigenvalue weighted by Gasteiger charge is 2.41. The van der Waals surface area contributed by atoms with Crippen LogP contribution in [0.1, 0.15) is 62.9 Å². The maximum atomic E-state index is 12.7. The van der Waals surface area contributed by atoms with Crippen molar-refractivity contribution in [1.82, 2.24) is 15.1 Å². The average molecular weight is 388 g/mol. The third-order valence-electron chi connectivity index (χ3n) is 6.74. The van der Waals surface area contributed by atoms with Crippen molar-refractivity contribution < 1.29 is 9.53 Å². The Bertz CT molecular complexity index is 662. The largest absolute Gasteiger partial charge is 0.493 e. The number of hydrogen-bond acceptors (Lipinski definition) is 4. The second kappa shape index (κ2) is 9.27. The van der Waals surface area contributed by atoms with E-state index in [9.17, 15) is 4.79 Å². The second-order valence-corrected chi connectivity index (χ2v) is 8.50. The van der Waals surface area contributed by atoms with Gasteiger partial charge in [-0.2, -0.15) is 0 Å². The summed E-state index contributed by atoms with van der Waals surface area (Å²) in [6.45, 7) is 15.5. The van der Waals surface area contributed by atoms with Crippen molar-refractivity contribution in [2.45, 2.75) is 58.4 Å². The van der Waals surface area contributed by atoms with Crippen LogP contribution in [0.2, 0.25) is 0 Å². The molecule has 2 aliphatic rings. The molecule has 1 fully saturated rings. The van der Waals surface area contributed by atoms with Crippen LogP contribution in [0.15, 0.2) is 18.2 Å². The predicted molar refractivity (Wildman–Crippen MR) is 114 cm³/mol. The zero-order chi connectivity index (χ0) is 20.1. The summed E-state index contributed by atoms with van der Waals surface area (Å²) in [6.07, 6.45) is 3.35. The first-order valence-electron chi connectivity index (χ1n) is 11.0. The summed E-state index contributed by atoms with van der Waals surface area (Å²) in [5.74, 6) is 0.999. The van der Waals surface area contributed by atoms with E-state index in [1.807, 2.05) is 12.1 Å². The molecule has 0 aliphatic carbocycles. The van der Waals surface area contributed by atoms with Crippen molar-refractivity contribution in [1.29, 1.82) is 0 Å². The van der Waals surface area contributed by atoms with Crippen LogP contribution in [-0.4, -0.2) is 67.6 Å². The zero-order valence-electron chi connectivity index (χ0n) is 18.1. The number of benzene rings is 1. The lowest BCUT2D eigenvalue weighted by Crippen LogP contribution is -2.47. The Morgan fingerprint density at radius 2 is 1.93 bits per heavy atom. The first kappa shape index (κ1) is 21.1. The number of amides is 1. The number of nitrogens with one attached hydrogen (secondary N) is 1. The molecule has 28 heavy (non-hydrogen) atoms. The predicted octanol–water partition coefficient (Wildman–Crippen LogP) is 3.28. The van der Waals surface area contributed by atoms with E-state index >= 15 is 0 Å². The zero-order valence-corrected chi connectivity index (χ0v) is 18.1. The number of likely N-dealkylation sites (N-methyl/N-ethyl adjacent to an activating group) is 1. The van der Waals surface area contributed by atoms with Gasteiger partial charge < -0.3 is 19.9 Å². The van der Waals surface area contributed by atoms with E-state index < -0.39 is 0 Å². The lowest BCUT2D eigenvalue weighted by molar-refractivity contribution is 0.0940. The van der Waals surface area contributed by atoms with Gasteiger partial charge in [-0.3, -0.25) is 4.79 Å². The molecule has 1 saturated heterocycles. The molecule has 1 spiro atoms. The molecule has 1 N–H and O–H groups in total. The number of hydrogen-bond donors (Lipinski definition) is 1. The van der Waals surface area contributed by atoms with Gasteiger partial charge in [-0.05, 0) is 77.5 Å². The van der Waals surface area contributed by atoms with Gasteiger partial charge in [0, 0.05) is 35.7 Å². The monoisotopic (exact) mass is 387 g/mol. The van der Waals surface area contributed by atoms with Crippen molar-refractivity contribution in [3.63, 3.8) is 0 Å². The maximum Gasteiger partial charge on any atom is 0.251 e. The quantitative estimate of drug-likeness (QED) is 0.780. The minimum atomic E-state index is 0.0234. The molecule has 156 valence electrons. The van der Waals surface area contributed by atoms with Crippen molar-refractivity contribution in [3.8, 4) is 5.75 Å². The Morgan fingerprint density at radius 1 is 1.21 bits per heavy atom. The Morgan fingerprint density at radius 3 is 2.57 bits per heavy atom. The molecule has 1 aromatic rings. The Labute approximate surface area is 170 Å². The number of carbonyl (C=O) groups is 1. The van der Waals surface area contributed by atoms with Crippen LogP contribution in [0.3, 0.4) is 0 Å². The Kier molecular flexibility index (Phi) is 7.00. The molecule has 2 aliphatic heterocycles. The van der Waals surface area contributed by atoms with E-state index in [2.05, 4.69) is 48.9 Å².